The molecule has 0 bridgehead atoms. The summed E-state index contributed by atoms with van der Waals surface area (Å²) in [5.74, 6) is 0. The van der Waals surface area contributed by atoms with Crippen LogP contribution in [-0.2, 0) is 17.7 Å². The molecule has 1 aromatic heterocycles. The van der Waals surface area contributed by atoms with E-state index < -0.39 is 0 Å². The lowest BCUT2D eigenvalue weighted by Crippen LogP contribution is -2.36. The first-order chi connectivity index (χ1) is 8.40. The van der Waals surface area contributed by atoms with Crippen molar-refractivity contribution >= 4 is 16.3 Å². The van der Waals surface area contributed by atoms with E-state index in [1.165, 1.54) is 10.4 Å². The van der Waals surface area contributed by atoms with Gasteiger partial charge in [-0.05, 0) is 18.5 Å². The average molecular weight is 249 g/mol. The van der Waals surface area contributed by atoms with Crippen LogP contribution in [-0.4, -0.2) is 32.8 Å². The molecule has 5 heteroatoms. The fraction of sp³-hybridized carbons (Fsp3) is 0.583. The van der Waals surface area contributed by atoms with Crippen molar-refractivity contribution in [1.29, 1.82) is 5.26 Å². The van der Waals surface area contributed by atoms with Gasteiger partial charge in [0.25, 0.3) is 0 Å². The van der Waals surface area contributed by atoms with E-state index in [2.05, 4.69) is 16.3 Å². The number of hydrogen-bond donors (Lipinski definition) is 1. The van der Waals surface area contributed by atoms with Gasteiger partial charge in [0.1, 0.15) is 11.1 Å². The Balaban J connectivity index is 1.98. The quantitative estimate of drug-likeness (QED) is 0.810. The maximum absolute atomic E-state index is 9.37. The van der Waals surface area contributed by atoms with E-state index in [0.29, 0.717) is 0 Å². The molecule has 0 aliphatic carbocycles. The van der Waals surface area contributed by atoms with Gasteiger partial charge in [-0.3, -0.25) is 0 Å². The van der Waals surface area contributed by atoms with Gasteiger partial charge in [0, 0.05) is 24.5 Å². The smallest absolute Gasteiger partial charge is 0.110 e. The van der Waals surface area contributed by atoms with Crippen molar-refractivity contribution < 1.29 is 4.74 Å². The Morgan fingerprint density at radius 2 is 2.18 bits per heavy atom. The van der Waals surface area contributed by atoms with Gasteiger partial charge in [0.05, 0.1) is 18.8 Å². The molecule has 1 saturated heterocycles. The van der Waals surface area contributed by atoms with E-state index in [4.69, 9.17) is 4.74 Å². The van der Waals surface area contributed by atoms with Crippen LogP contribution < -0.4 is 10.2 Å². The molecule has 0 unspecified atom stereocenters. The van der Waals surface area contributed by atoms with E-state index in [0.717, 1.165) is 56.4 Å². The summed E-state index contributed by atoms with van der Waals surface area (Å²) in [5, 5.41) is 13.9. The Labute approximate surface area is 105 Å². The summed E-state index contributed by atoms with van der Waals surface area (Å²) in [6.45, 7) is 5.25. The van der Waals surface area contributed by atoms with Crippen LogP contribution in [0.1, 0.15) is 16.0 Å². The molecule has 1 aromatic rings. The second kappa shape index (κ2) is 4.65. The first-order valence-corrected chi connectivity index (χ1v) is 6.80. The molecule has 1 fully saturated rings. The van der Waals surface area contributed by atoms with Gasteiger partial charge in [-0.15, -0.1) is 11.3 Å². The summed E-state index contributed by atoms with van der Waals surface area (Å²) in [6, 6.07) is 2.40. The van der Waals surface area contributed by atoms with Crippen LogP contribution in [0, 0.1) is 11.3 Å². The van der Waals surface area contributed by atoms with Gasteiger partial charge >= 0.3 is 0 Å². The highest BCUT2D eigenvalue weighted by Gasteiger charge is 2.24. The molecule has 2 aliphatic rings. The molecule has 0 radical (unpaired) electrons. The predicted octanol–water partition coefficient (Wildman–Crippen LogP) is 1.10. The fourth-order valence-corrected chi connectivity index (χ4v) is 3.74. The molecule has 3 rings (SSSR count). The zero-order chi connectivity index (χ0) is 11.7. The molecule has 1 N–H and O–H groups in total. The molecule has 0 saturated carbocycles. The number of hydrogen-bond acceptors (Lipinski definition) is 5. The molecule has 0 aromatic carbocycles. The van der Waals surface area contributed by atoms with Crippen molar-refractivity contribution in [3.8, 4) is 6.07 Å². The molecule has 4 nitrogen and oxygen atoms in total. The van der Waals surface area contributed by atoms with Gasteiger partial charge in [0.15, 0.2) is 0 Å². The lowest BCUT2D eigenvalue weighted by molar-refractivity contribution is 0.123. The van der Waals surface area contributed by atoms with Crippen molar-refractivity contribution in [3.05, 3.63) is 16.0 Å². The van der Waals surface area contributed by atoms with Crippen LogP contribution in [0.25, 0.3) is 0 Å². The van der Waals surface area contributed by atoms with E-state index in [1.54, 1.807) is 11.3 Å². The highest BCUT2D eigenvalue weighted by atomic mass is 32.1. The highest BCUT2D eigenvalue weighted by molar-refractivity contribution is 7.16. The zero-order valence-electron chi connectivity index (χ0n) is 9.66. The third-order valence-electron chi connectivity index (χ3n) is 3.32. The van der Waals surface area contributed by atoms with Gasteiger partial charge in [0.2, 0.25) is 0 Å². The number of anilines is 1. The van der Waals surface area contributed by atoms with Crippen LogP contribution in [0.2, 0.25) is 0 Å². The molecule has 2 aliphatic heterocycles. The van der Waals surface area contributed by atoms with Crippen molar-refractivity contribution in [1.82, 2.24) is 5.32 Å². The molecule has 90 valence electrons. The topological polar surface area (TPSA) is 48.3 Å². The lowest BCUT2D eigenvalue weighted by atomic mass is 10.0. The number of ether oxygens (including phenoxy) is 1. The average Bonchev–Trinajstić information content (AvgIpc) is 2.78. The normalized spacial score (nSPS) is 19.8. The van der Waals surface area contributed by atoms with Crippen molar-refractivity contribution in [3.63, 3.8) is 0 Å². The van der Waals surface area contributed by atoms with Crippen molar-refractivity contribution in [2.24, 2.45) is 0 Å². The molecule has 0 atom stereocenters. The summed E-state index contributed by atoms with van der Waals surface area (Å²) < 4.78 is 5.36. The standard InChI is InChI=1S/C12H15N3OS/c13-7-10-9-1-2-14-8-11(9)17-12(10)15-3-5-16-6-4-15/h14H,1-6,8H2. The SMILES string of the molecule is N#Cc1c(N2CCOCC2)sc2c1CCNC2. The van der Waals surface area contributed by atoms with Crippen LogP contribution in [0.3, 0.4) is 0 Å². The molecule has 0 spiro atoms. The molecule has 3 heterocycles. The van der Waals surface area contributed by atoms with Gasteiger partial charge in [-0.1, -0.05) is 0 Å². The van der Waals surface area contributed by atoms with E-state index >= 15 is 0 Å². The van der Waals surface area contributed by atoms with E-state index in [9.17, 15) is 5.26 Å². The number of fused-ring (bicyclic) bond motifs is 1. The monoisotopic (exact) mass is 249 g/mol. The Morgan fingerprint density at radius 3 is 2.94 bits per heavy atom. The van der Waals surface area contributed by atoms with Gasteiger partial charge in [-0.2, -0.15) is 5.26 Å². The van der Waals surface area contributed by atoms with Crippen LogP contribution in [0.15, 0.2) is 0 Å². The minimum absolute atomic E-state index is 0.770. The molecular weight excluding hydrogens is 234 g/mol. The molecule has 0 amide bonds. The second-order valence-electron chi connectivity index (χ2n) is 4.32. The maximum Gasteiger partial charge on any atom is 0.110 e. The maximum atomic E-state index is 9.37. The third kappa shape index (κ3) is 1.93. The van der Waals surface area contributed by atoms with Crippen LogP contribution in [0.4, 0.5) is 5.00 Å². The number of thiophene rings is 1. The number of rotatable bonds is 1. The second-order valence-corrected chi connectivity index (χ2v) is 5.41. The Morgan fingerprint density at radius 1 is 1.35 bits per heavy atom. The Bertz CT molecular complexity index is 457. The summed E-state index contributed by atoms with van der Waals surface area (Å²) in [5.41, 5.74) is 2.19. The van der Waals surface area contributed by atoms with Gasteiger partial charge in [-0.25, -0.2) is 0 Å². The zero-order valence-corrected chi connectivity index (χ0v) is 10.5. The third-order valence-corrected chi connectivity index (χ3v) is 4.61. The summed E-state index contributed by atoms with van der Waals surface area (Å²) >= 11 is 1.78. The minimum Gasteiger partial charge on any atom is -0.378 e. The first kappa shape index (κ1) is 11.0. The number of nitrogens with one attached hydrogen (secondary N) is 1. The number of nitriles is 1. The predicted molar refractivity (Wildman–Crippen MR) is 67.5 cm³/mol. The Kier molecular flexibility index (Phi) is 3.02. The number of morpholine rings is 1. The molecular formula is C12H15N3OS. The first-order valence-electron chi connectivity index (χ1n) is 5.98. The van der Waals surface area contributed by atoms with Crippen LogP contribution in [0.5, 0.6) is 0 Å². The summed E-state index contributed by atoms with van der Waals surface area (Å²) in [7, 11) is 0. The lowest BCUT2D eigenvalue weighted by Gasteiger charge is -2.27. The van der Waals surface area contributed by atoms with Crippen molar-refractivity contribution in [2.75, 3.05) is 37.7 Å². The van der Waals surface area contributed by atoms with E-state index in [1.807, 2.05) is 0 Å². The highest BCUT2D eigenvalue weighted by Crippen LogP contribution is 2.37. The summed E-state index contributed by atoms with van der Waals surface area (Å²) in [4.78, 5) is 3.64. The fourth-order valence-electron chi connectivity index (χ4n) is 2.42. The Hall–Kier alpha value is -1.09. The number of nitrogens with zero attached hydrogens (tertiary/aromatic N) is 2. The van der Waals surface area contributed by atoms with Gasteiger partial charge < -0.3 is 15.0 Å². The van der Waals surface area contributed by atoms with Crippen LogP contribution >= 0.6 is 11.3 Å². The largest absolute Gasteiger partial charge is 0.378 e. The minimum atomic E-state index is 0.770. The van der Waals surface area contributed by atoms with E-state index in [-0.39, 0.29) is 0 Å². The summed E-state index contributed by atoms with van der Waals surface area (Å²) in [6.07, 6.45) is 0.985. The molecule has 17 heavy (non-hydrogen) atoms. The van der Waals surface area contributed by atoms with Crippen molar-refractivity contribution in [2.45, 2.75) is 13.0 Å².